The molecule has 2 aliphatic carbocycles. The van der Waals surface area contributed by atoms with Gasteiger partial charge in [-0.15, -0.1) is 0 Å². The van der Waals surface area contributed by atoms with Crippen molar-refractivity contribution in [1.82, 2.24) is 20.0 Å². The normalized spacial score (nSPS) is 28.2. The molecule has 41 heavy (non-hydrogen) atoms. The third-order valence-corrected chi connectivity index (χ3v) is 12.6. The number of nitrogens with one attached hydrogen (secondary N) is 1. The van der Waals surface area contributed by atoms with Crippen molar-refractivity contribution in [3.8, 4) is 0 Å². The highest BCUT2D eigenvalue weighted by atomic mass is 15.2. The summed E-state index contributed by atoms with van der Waals surface area (Å²) in [5.74, 6) is 2.96. The van der Waals surface area contributed by atoms with Crippen LogP contribution in [0.15, 0.2) is 0 Å². The maximum absolute atomic E-state index is 3.43. The van der Waals surface area contributed by atoms with E-state index in [4.69, 9.17) is 0 Å². The molecule has 6 rings (SSSR count). The van der Waals surface area contributed by atoms with Crippen molar-refractivity contribution in [1.29, 1.82) is 0 Å². The first kappa shape index (κ1) is 33.7. The molecule has 0 unspecified atom stereocenters. The monoisotopic (exact) mass is 573 g/mol. The molecule has 0 bridgehead atoms. The molecule has 2 saturated carbocycles. The lowest BCUT2D eigenvalue weighted by Crippen LogP contribution is -2.61. The first-order chi connectivity index (χ1) is 19.6. The molecule has 0 atom stereocenters. The zero-order chi connectivity index (χ0) is 29.5. The van der Waals surface area contributed by atoms with Crippen LogP contribution >= 0.6 is 0 Å². The number of hydrogen-bond donors (Lipinski definition) is 1. The molecule has 4 aliphatic heterocycles. The third-order valence-electron chi connectivity index (χ3n) is 12.6. The number of rotatable bonds is 5. The van der Waals surface area contributed by atoms with E-state index in [-0.39, 0.29) is 0 Å². The van der Waals surface area contributed by atoms with Crippen molar-refractivity contribution < 1.29 is 0 Å². The van der Waals surface area contributed by atoms with Gasteiger partial charge in [0.1, 0.15) is 0 Å². The summed E-state index contributed by atoms with van der Waals surface area (Å²) in [5.41, 5.74) is 1.44. The maximum Gasteiger partial charge on any atom is 0.00957 e. The van der Waals surface area contributed by atoms with Crippen LogP contribution in [0.5, 0.6) is 0 Å². The van der Waals surface area contributed by atoms with Crippen LogP contribution in [0.2, 0.25) is 0 Å². The Kier molecular flexibility index (Phi) is 12.9. The average molecular weight is 573 g/mol. The molecule has 4 heteroatoms. The van der Waals surface area contributed by atoms with Gasteiger partial charge in [-0.1, -0.05) is 59.3 Å². The Bertz CT molecular complexity index is 703. The SMILES string of the molecule is CC(C)C1CCN(C2CCC3(CC2)CN(C(C)C)C3)CC1.CC(C)N1CC2(CCNCC2)C1.CCC1CCCCC1. The summed E-state index contributed by atoms with van der Waals surface area (Å²) in [7, 11) is 0. The Morgan fingerprint density at radius 1 is 0.634 bits per heavy atom. The van der Waals surface area contributed by atoms with Crippen LogP contribution in [-0.2, 0) is 0 Å². The molecule has 0 amide bonds. The number of hydrogen-bond acceptors (Lipinski definition) is 4. The van der Waals surface area contributed by atoms with Crippen LogP contribution in [0.1, 0.15) is 138 Å². The lowest BCUT2D eigenvalue weighted by atomic mass is 9.66. The Labute approximate surface area is 257 Å². The highest BCUT2D eigenvalue weighted by Crippen LogP contribution is 2.46. The molecule has 4 nitrogen and oxygen atoms in total. The maximum atomic E-state index is 3.43. The molecule has 4 saturated heterocycles. The fourth-order valence-electron chi connectivity index (χ4n) is 9.08. The molecule has 0 aromatic carbocycles. The average Bonchev–Trinajstić information content (AvgIpc) is 2.96. The predicted octanol–water partition coefficient (Wildman–Crippen LogP) is 8.06. The number of nitrogens with zero attached hydrogens (tertiary/aromatic N) is 3. The van der Waals surface area contributed by atoms with Crippen LogP contribution < -0.4 is 5.32 Å². The van der Waals surface area contributed by atoms with E-state index in [1.54, 1.807) is 0 Å². The van der Waals surface area contributed by atoms with Gasteiger partial charge >= 0.3 is 0 Å². The molecule has 4 heterocycles. The molecular weight excluding hydrogens is 500 g/mol. The molecule has 1 N–H and O–H groups in total. The zero-order valence-corrected chi connectivity index (χ0v) is 28.9. The Balaban J connectivity index is 0.000000162. The van der Waals surface area contributed by atoms with Crippen LogP contribution in [0.3, 0.4) is 0 Å². The van der Waals surface area contributed by atoms with Crippen LogP contribution in [0.25, 0.3) is 0 Å². The fourth-order valence-corrected chi connectivity index (χ4v) is 9.08. The summed E-state index contributed by atoms with van der Waals surface area (Å²) < 4.78 is 0. The van der Waals surface area contributed by atoms with E-state index in [0.29, 0.717) is 0 Å². The number of piperidine rings is 2. The second kappa shape index (κ2) is 15.7. The van der Waals surface area contributed by atoms with Gasteiger partial charge in [-0.05, 0) is 134 Å². The summed E-state index contributed by atoms with van der Waals surface area (Å²) in [4.78, 5) is 8.09. The van der Waals surface area contributed by atoms with E-state index in [1.807, 2.05) is 0 Å². The lowest BCUT2D eigenvalue weighted by molar-refractivity contribution is -0.0635. The van der Waals surface area contributed by atoms with Gasteiger partial charge in [-0.25, -0.2) is 0 Å². The Hall–Kier alpha value is -0.160. The topological polar surface area (TPSA) is 21.8 Å². The summed E-state index contributed by atoms with van der Waals surface area (Å²) in [6.07, 6.45) is 20.5. The molecule has 6 aliphatic rings. The highest BCUT2D eigenvalue weighted by molar-refractivity contribution is 5.01. The summed E-state index contributed by atoms with van der Waals surface area (Å²) in [6.45, 7) is 27.1. The summed E-state index contributed by atoms with van der Waals surface area (Å²) in [6, 6.07) is 2.42. The number of likely N-dealkylation sites (tertiary alicyclic amines) is 3. The highest BCUT2D eigenvalue weighted by Gasteiger charge is 2.46. The smallest absolute Gasteiger partial charge is 0.00957 e. The third kappa shape index (κ3) is 9.41. The molecule has 0 aromatic heterocycles. The van der Waals surface area contributed by atoms with E-state index in [1.165, 1.54) is 142 Å². The van der Waals surface area contributed by atoms with Crippen molar-refractivity contribution in [3.05, 3.63) is 0 Å². The van der Waals surface area contributed by atoms with E-state index in [9.17, 15) is 0 Å². The molecule has 0 radical (unpaired) electrons. The van der Waals surface area contributed by atoms with Gasteiger partial charge in [0, 0.05) is 44.3 Å². The minimum Gasteiger partial charge on any atom is -0.317 e. The van der Waals surface area contributed by atoms with E-state index < -0.39 is 0 Å². The standard InChI is InChI=1S/C19H36N2.C10H20N2.C8H16/c1-15(2)17-7-11-20(12-8-17)18-5-9-19(10-6-18)13-21(14-19)16(3)4;1-9(2)12-7-10(8-12)3-5-11-6-4-10;1-2-8-6-4-3-5-7-8/h15-18H,5-14H2,1-4H3;9,11H,3-8H2,1-2H3;8H,2-7H2,1H3. The second-order valence-electron chi connectivity index (χ2n) is 16.5. The lowest BCUT2D eigenvalue weighted by Gasteiger charge is -2.56. The molecule has 2 spiro atoms. The van der Waals surface area contributed by atoms with Gasteiger partial charge in [-0.3, -0.25) is 9.80 Å². The minimum atomic E-state index is 0.718. The van der Waals surface area contributed by atoms with E-state index in [2.05, 4.69) is 68.5 Å². The Morgan fingerprint density at radius 2 is 1.12 bits per heavy atom. The molecular formula is C37H72N4. The quantitative estimate of drug-likeness (QED) is 0.360. The summed E-state index contributed by atoms with van der Waals surface area (Å²) in [5, 5.41) is 3.43. The first-order valence-corrected chi connectivity index (χ1v) is 18.6. The van der Waals surface area contributed by atoms with Gasteiger partial charge in [0.05, 0.1) is 0 Å². The van der Waals surface area contributed by atoms with E-state index >= 15 is 0 Å². The molecule has 0 aromatic rings. The van der Waals surface area contributed by atoms with Gasteiger partial charge in [0.15, 0.2) is 0 Å². The zero-order valence-electron chi connectivity index (χ0n) is 28.9. The van der Waals surface area contributed by atoms with Crippen molar-refractivity contribution in [3.63, 3.8) is 0 Å². The van der Waals surface area contributed by atoms with Gasteiger partial charge in [-0.2, -0.15) is 0 Å². The predicted molar refractivity (Wildman–Crippen MR) is 179 cm³/mol. The Morgan fingerprint density at radius 3 is 1.54 bits per heavy atom. The first-order valence-electron chi connectivity index (χ1n) is 18.6. The van der Waals surface area contributed by atoms with Crippen LogP contribution in [0.4, 0.5) is 0 Å². The minimum absolute atomic E-state index is 0.718. The molecule has 240 valence electrons. The van der Waals surface area contributed by atoms with Gasteiger partial charge < -0.3 is 10.2 Å². The van der Waals surface area contributed by atoms with Crippen LogP contribution in [0, 0.1) is 28.6 Å². The van der Waals surface area contributed by atoms with Crippen molar-refractivity contribution >= 4 is 0 Å². The van der Waals surface area contributed by atoms with E-state index in [0.717, 1.165) is 46.7 Å². The van der Waals surface area contributed by atoms with Gasteiger partial charge in [0.25, 0.3) is 0 Å². The van der Waals surface area contributed by atoms with Gasteiger partial charge in [0.2, 0.25) is 0 Å². The second-order valence-corrected chi connectivity index (χ2v) is 16.5. The van der Waals surface area contributed by atoms with Crippen molar-refractivity contribution in [2.75, 3.05) is 52.4 Å². The van der Waals surface area contributed by atoms with Crippen molar-refractivity contribution in [2.45, 2.75) is 156 Å². The largest absolute Gasteiger partial charge is 0.317 e. The molecule has 6 fully saturated rings. The fraction of sp³-hybridized carbons (Fsp3) is 1.00. The van der Waals surface area contributed by atoms with Crippen molar-refractivity contribution in [2.24, 2.45) is 28.6 Å². The van der Waals surface area contributed by atoms with Crippen LogP contribution in [-0.4, -0.2) is 85.2 Å². The summed E-state index contributed by atoms with van der Waals surface area (Å²) >= 11 is 0.